The molecule has 0 radical (unpaired) electrons. The Hall–Kier alpha value is -2.68. The lowest BCUT2D eigenvalue weighted by Crippen LogP contribution is -2.35. The largest absolute Gasteiger partial charge is 0.495 e. The first-order valence-corrected chi connectivity index (χ1v) is 11.4. The van der Waals surface area contributed by atoms with Gasteiger partial charge < -0.3 is 20.5 Å². The monoisotopic (exact) mass is 437 g/mol. The lowest BCUT2D eigenvalue weighted by molar-refractivity contribution is 0.148. The first kappa shape index (κ1) is 20.2. The van der Waals surface area contributed by atoms with Crippen LogP contribution >= 0.6 is 11.3 Å². The fraction of sp³-hybridized carbons (Fsp3) is 0.391. The number of methoxy groups -OCH3 is 1. The van der Waals surface area contributed by atoms with Crippen molar-refractivity contribution in [2.24, 2.45) is 0 Å². The predicted molar refractivity (Wildman–Crippen MR) is 125 cm³/mol. The lowest BCUT2D eigenvalue weighted by atomic mass is 10.1. The van der Waals surface area contributed by atoms with E-state index in [9.17, 15) is 5.11 Å². The van der Waals surface area contributed by atoms with E-state index in [-0.39, 0.29) is 12.1 Å². The van der Waals surface area contributed by atoms with E-state index in [2.05, 4.69) is 51.9 Å². The molecule has 162 valence electrons. The first-order chi connectivity index (χ1) is 15.1. The van der Waals surface area contributed by atoms with Crippen molar-refractivity contribution in [3.05, 3.63) is 41.9 Å². The molecule has 0 saturated heterocycles. The van der Waals surface area contributed by atoms with Crippen LogP contribution in [0.15, 0.2) is 30.6 Å². The van der Waals surface area contributed by atoms with E-state index in [4.69, 9.17) is 4.74 Å². The SMILES string of the molecule is CNc1ncnn2c(CNC3CCCC3O)cc(-c3cc4cc(C)cc(OC)c4s3)c12. The Balaban J connectivity index is 1.62. The van der Waals surface area contributed by atoms with Gasteiger partial charge in [-0.1, -0.05) is 6.07 Å². The molecule has 3 N–H and O–H groups in total. The number of nitrogens with zero attached hydrogens (tertiary/aromatic N) is 3. The van der Waals surface area contributed by atoms with Crippen molar-refractivity contribution in [2.75, 3.05) is 19.5 Å². The molecule has 0 amide bonds. The van der Waals surface area contributed by atoms with Crippen LogP contribution in [0.2, 0.25) is 0 Å². The van der Waals surface area contributed by atoms with E-state index in [1.54, 1.807) is 24.8 Å². The second-order valence-electron chi connectivity index (χ2n) is 8.15. The number of hydrogen-bond donors (Lipinski definition) is 3. The Morgan fingerprint density at radius 3 is 2.87 bits per heavy atom. The van der Waals surface area contributed by atoms with E-state index in [0.29, 0.717) is 6.54 Å². The van der Waals surface area contributed by atoms with Crippen LogP contribution in [0.1, 0.15) is 30.5 Å². The molecule has 0 spiro atoms. The number of aryl methyl sites for hydroxylation is 1. The summed E-state index contributed by atoms with van der Waals surface area (Å²) in [5.74, 6) is 1.69. The summed E-state index contributed by atoms with van der Waals surface area (Å²) in [5.41, 5.74) is 4.27. The van der Waals surface area contributed by atoms with Gasteiger partial charge in [-0.2, -0.15) is 5.10 Å². The number of aromatic nitrogens is 3. The zero-order valence-corrected chi connectivity index (χ0v) is 18.8. The highest BCUT2D eigenvalue weighted by atomic mass is 32.1. The molecule has 5 rings (SSSR count). The van der Waals surface area contributed by atoms with E-state index >= 15 is 0 Å². The van der Waals surface area contributed by atoms with Gasteiger partial charge in [-0.15, -0.1) is 11.3 Å². The van der Waals surface area contributed by atoms with E-state index in [0.717, 1.165) is 57.2 Å². The van der Waals surface area contributed by atoms with Crippen LogP contribution in [0, 0.1) is 6.92 Å². The molecule has 1 saturated carbocycles. The number of nitrogens with one attached hydrogen (secondary N) is 2. The van der Waals surface area contributed by atoms with Crippen LogP contribution < -0.4 is 15.4 Å². The van der Waals surface area contributed by atoms with Crippen LogP contribution in [-0.2, 0) is 6.54 Å². The van der Waals surface area contributed by atoms with Crippen molar-refractivity contribution in [3.8, 4) is 16.2 Å². The van der Waals surface area contributed by atoms with Gasteiger partial charge in [-0.3, -0.25) is 0 Å². The van der Waals surface area contributed by atoms with Gasteiger partial charge in [0.15, 0.2) is 5.82 Å². The maximum Gasteiger partial charge on any atom is 0.154 e. The normalized spacial score (nSPS) is 18.8. The third-order valence-corrected chi connectivity index (χ3v) is 7.30. The quantitative estimate of drug-likeness (QED) is 0.423. The van der Waals surface area contributed by atoms with Gasteiger partial charge in [0, 0.05) is 30.1 Å². The van der Waals surface area contributed by atoms with Crippen LogP contribution in [0.3, 0.4) is 0 Å². The number of aliphatic hydroxyl groups is 1. The molecule has 2 atom stereocenters. The fourth-order valence-corrected chi connectivity index (χ4v) is 5.72. The van der Waals surface area contributed by atoms with Gasteiger partial charge in [0.1, 0.15) is 17.6 Å². The number of ether oxygens (including phenoxy) is 1. The molecule has 31 heavy (non-hydrogen) atoms. The number of benzene rings is 1. The number of anilines is 1. The van der Waals surface area contributed by atoms with Crippen molar-refractivity contribution in [2.45, 2.75) is 44.9 Å². The van der Waals surface area contributed by atoms with Gasteiger partial charge in [0.2, 0.25) is 0 Å². The van der Waals surface area contributed by atoms with E-state index < -0.39 is 0 Å². The Morgan fingerprint density at radius 1 is 1.26 bits per heavy atom. The van der Waals surface area contributed by atoms with Crippen molar-refractivity contribution in [1.82, 2.24) is 19.9 Å². The smallest absolute Gasteiger partial charge is 0.154 e. The van der Waals surface area contributed by atoms with Crippen molar-refractivity contribution >= 4 is 32.8 Å². The van der Waals surface area contributed by atoms with Gasteiger partial charge in [-0.05, 0) is 55.3 Å². The molecular weight excluding hydrogens is 410 g/mol. The Labute approximate surface area is 185 Å². The average molecular weight is 438 g/mol. The summed E-state index contributed by atoms with van der Waals surface area (Å²) in [6, 6.07) is 8.80. The first-order valence-electron chi connectivity index (χ1n) is 10.6. The topological polar surface area (TPSA) is 83.7 Å². The standard InChI is InChI=1S/C23H27N5O2S/c1-13-7-14-9-20(31-22(14)19(8-13)30-3)16-10-15(11-25-17-5-4-6-18(17)29)28-21(16)23(24-2)26-12-27-28/h7-10,12,17-18,25,29H,4-6,11H2,1-3H3,(H,24,26,27). The highest BCUT2D eigenvalue weighted by Gasteiger charge is 2.25. The van der Waals surface area contributed by atoms with E-state index in [1.165, 1.54) is 10.9 Å². The van der Waals surface area contributed by atoms with E-state index in [1.807, 2.05) is 11.6 Å². The van der Waals surface area contributed by atoms with Gasteiger partial charge in [0.25, 0.3) is 0 Å². The molecule has 1 aromatic carbocycles. The number of aliphatic hydroxyl groups excluding tert-OH is 1. The molecule has 1 aliphatic carbocycles. The van der Waals surface area contributed by atoms with Crippen LogP contribution in [0.5, 0.6) is 5.75 Å². The lowest BCUT2D eigenvalue weighted by Gasteiger charge is -2.16. The molecule has 3 heterocycles. The number of fused-ring (bicyclic) bond motifs is 2. The third kappa shape index (κ3) is 3.54. The fourth-order valence-electron chi connectivity index (χ4n) is 4.57. The second kappa shape index (κ2) is 8.11. The number of hydrogen-bond acceptors (Lipinski definition) is 7. The Morgan fingerprint density at radius 2 is 2.13 bits per heavy atom. The molecule has 3 aromatic heterocycles. The summed E-state index contributed by atoms with van der Waals surface area (Å²) in [4.78, 5) is 5.60. The summed E-state index contributed by atoms with van der Waals surface area (Å²) in [6.45, 7) is 2.72. The summed E-state index contributed by atoms with van der Waals surface area (Å²) in [7, 11) is 3.60. The zero-order chi connectivity index (χ0) is 21.5. The molecule has 4 aromatic rings. The molecule has 1 fully saturated rings. The molecule has 0 aliphatic heterocycles. The summed E-state index contributed by atoms with van der Waals surface area (Å²) in [5, 5.41) is 22.6. The second-order valence-corrected chi connectivity index (χ2v) is 9.20. The molecule has 1 aliphatic rings. The van der Waals surface area contributed by atoms with Crippen LogP contribution in [0.4, 0.5) is 5.82 Å². The zero-order valence-electron chi connectivity index (χ0n) is 18.0. The van der Waals surface area contributed by atoms with Crippen LogP contribution in [-0.4, -0.2) is 46.0 Å². The van der Waals surface area contributed by atoms with Crippen molar-refractivity contribution < 1.29 is 9.84 Å². The van der Waals surface area contributed by atoms with Gasteiger partial charge in [0.05, 0.1) is 23.6 Å². The minimum atomic E-state index is -0.272. The Bertz CT molecular complexity index is 1250. The highest BCUT2D eigenvalue weighted by molar-refractivity contribution is 7.22. The molecular formula is C23H27N5O2S. The summed E-state index contributed by atoms with van der Waals surface area (Å²) < 4.78 is 8.73. The third-order valence-electron chi connectivity index (χ3n) is 6.10. The van der Waals surface area contributed by atoms with Crippen molar-refractivity contribution in [1.29, 1.82) is 0 Å². The highest BCUT2D eigenvalue weighted by Crippen LogP contribution is 2.42. The van der Waals surface area contributed by atoms with Crippen LogP contribution in [0.25, 0.3) is 26.0 Å². The number of thiophene rings is 1. The minimum absolute atomic E-state index is 0.135. The summed E-state index contributed by atoms with van der Waals surface area (Å²) in [6.07, 6.45) is 4.24. The maximum absolute atomic E-state index is 10.2. The molecule has 7 nitrogen and oxygen atoms in total. The predicted octanol–water partition coefficient (Wildman–Crippen LogP) is 3.97. The van der Waals surface area contributed by atoms with Crippen molar-refractivity contribution in [3.63, 3.8) is 0 Å². The maximum atomic E-state index is 10.2. The van der Waals surface area contributed by atoms with Gasteiger partial charge in [-0.25, -0.2) is 9.50 Å². The summed E-state index contributed by atoms with van der Waals surface area (Å²) >= 11 is 1.72. The molecule has 2 unspecified atom stereocenters. The average Bonchev–Trinajstić information content (AvgIpc) is 3.47. The molecule has 8 heteroatoms. The molecule has 0 bridgehead atoms. The van der Waals surface area contributed by atoms with Gasteiger partial charge >= 0.3 is 0 Å². The minimum Gasteiger partial charge on any atom is -0.495 e. The number of rotatable bonds is 6. The Kier molecular flexibility index (Phi) is 5.29.